The molecular formula is C22H19F2N3O4. The van der Waals surface area contributed by atoms with E-state index in [9.17, 15) is 18.4 Å². The maximum absolute atomic E-state index is 13.9. The van der Waals surface area contributed by atoms with Crippen LogP contribution in [0.5, 0.6) is 5.75 Å². The van der Waals surface area contributed by atoms with Crippen molar-refractivity contribution in [1.29, 1.82) is 0 Å². The topological polar surface area (TPSA) is 84.7 Å². The lowest BCUT2D eigenvalue weighted by molar-refractivity contribution is -0.126. The van der Waals surface area contributed by atoms with Gasteiger partial charge in [0.05, 0.1) is 25.1 Å². The highest BCUT2D eigenvalue weighted by Crippen LogP contribution is 2.28. The van der Waals surface area contributed by atoms with Crippen LogP contribution in [0.2, 0.25) is 0 Å². The first-order valence-electron chi connectivity index (χ1n) is 9.57. The molecule has 1 aliphatic rings. The fraction of sp³-hybridized carbons (Fsp3) is 0.227. The summed E-state index contributed by atoms with van der Waals surface area (Å²) in [5, 5.41) is 6.54. The van der Waals surface area contributed by atoms with Crippen LogP contribution in [0.3, 0.4) is 0 Å². The van der Waals surface area contributed by atoms with Gasteiger partial charge < -0.3 is 19.5 Å². The molecule has 7 nitrogen and oxygen atoms in total. The Morgan fingerprint density at radius 2 is 2.10 bits per heavy atom. The first-order valence-corrected chi connectivity index (χ1v) is 9.57. The Morgan fingerprint density at radius 1 is 1.26 bits per heavy atom. The molecule has 0 bridgehead atoms. The minimum Gasteiger partial charge on any atom is -0.497 e. The molecule has 1 saturated heterocycles. The van der Waals surface area contributed by atoms with Crippen molar-refractivity contribution in [2.75, 3.05) is 18.6 Å². The summed E-state index contributed by atoms with van der Waals surface area (Å²) in [6, 6.07) is 11.7. The van der Waals surface area contributed by atoms with Crippen molar-refractivity contribution >= 4 is 17.5 Å². The molecule has 0 radical (unpaired) electrons. The van der Waals surface area contributed by atoms with Crippen molar-refractivity contribution in [3.63, 3.8) is 0 Å². The third-order valence-electron chi connectivity index (χ3n) is 5.06. The standard InChI is InChI=1S/C22H19F2N3O4/c1-30-17-4-2-3-16(10-17)27-12-13(7-21(27)28)22(29)25-11-15-9-20(31-26-15)18-6-5-14(23)8-19(18)24/h2-6,8-10,13H,7,11-12H2,1H3,(H,25,29)/t13-/m0/s1. The molecule has 3 aromatic rings. The van der Waals surface area contributed by atoms with Crippen LogP contribution in [0.25, 0.3) is 11.3 Å². The third kappa shape index (κ3) is 4.40. The molecule has 0 saturated carbocycles. The zero-order valence-electron chi connectivity index (χ0n) is 16.6. The molecule has 2 aromatic carbocycles. The van der Waals surface area contributed by atoms with Crippen LogP contribution in [-0.2, 0) is 16.1 Å². The lowest BCUT2D eigenvalue weighted by Crippen LogP contribution is -2.32. The van der Waals surface area contributed by atoms with E-state index in [4.69, 9.17) is 9.26 Å². The smallest absolute Gasteiger partial charge is 0.227 e. The Bertz CT molecular complexity index is 1130. The predicted molar refractivity (Wildman–Crippen MR) is 107 cm³/mol. The number of benzene rings is 2. The molecule has 0 unspecified atom stereocenters. The minimum absolute atomic E-state index is 0.0506. The van der Waals surface area contributed by atoms with E-state index in [1.807, 2.05) is 0 Å². The number of hydrogen-bond acceptors (Lipinski definition) is 5. The van der Waals surface area contributed by atoms with Crippen LogP contribution >= 0.6 is 0 Å². The largest absolute Gasteiger partial charge is 0.497 e. The van der Waals surface area contributed by atoms with Gasteiger partial charge in [-0.2, -0.15) is 0 Å². The number of aromatic nitrogens is 1. The van der Waals surface area contributed by atoms with Gasteiger partial charge in [-0.05, 0) is 24.3 Å². The fourth-order valence-corrected chi connectivity index (χ4v) is 3.44. The Morgan fingerprint density at radius 3 is 2.87 bits per heavy atom. The van der Waals surface area contributed by atoms with E-state index in [2.05, 4.69) is 10.5 Å². The van der Waals surface area contributed by atoms with Gasteiger partial charge in [0.2, 0.25) is 11.8 Å². The summed E-state index contributed by atoms with van der Waals surface area (Å²) in [4.78, 5) is 26.5. The highest BCUT2D eigenvalue weighted by atomic mass is 19.1. The van der Waals surface area contributed by atoms with E-state index >= 15 is 0 Å². The number of nitrogens with one attached hydrogen (secondary N) is 1. The summed E-state index contributed by atoms with van der Waals surface area (Å²) < 4.78 is 37.2. The number of carbonyl (C=O) groups is 2. The summed E-state index contributed by atoms with van der Waals surface area (Å²) >= 11 is 0. The maximum atomic E-state index is 13.9. The molecular weight excluding hydrogens is 408 g/mol. The van der Waals surface area contributed by atoms with Gasteiger partial charge in [-0.3, -0.25) is 9.59 Å². The van der Waals surface area contributed by atoms with E-state index in [0.29, 0.717) is 17.1 Å². The molecule has 1 aliphatic heterocycles. The highest BCUT2D eigenvalue weighted by Gasteiger charge is 2.35. The molecule has 4 rings (SSSR count). The lowest BCUT2D eigenvalue weighted by atomic mass is 10.1. The molecule has 0 spiro atoms. The third-order valence-corrected chi connectivity index (χ3v) is 5.06. The van der Waals surface area contributed by atoms with E-state index < -0.39 is 17.6 Å². The van der Waals surface area contributed by atoms with Gasteiger partial charge in [-0.25, -0.2) is 8.78 Å². The van der Waals surface area contributed by atoms with Gasteiger partial charge >= 0.3 is 0 Å². The normalized spacial score (nSPS) is 15.9. The predicted octanol–water partition coefficient (Wildman–Crippen LogP) is 3.30. The van der Waals surface area contributed by atoms with Crippen molar-refractivity contribution in [2.24, 2.45) is 5.92 Å². The average Bonchev–Trinajstić information content (AvgIpc) is 3.39. The van der Waals surface area contributed by atoms with Crippen molar-refractivity contribution < 1.29 is 27.6 Å². The van der Waals surface area contributed by atoms with Crippen LogP contribution < -0.4 is 15.0 Å². The summed E-state index contributed by atoms with van der Waals surface area (Å²) in [5.41, 5.74) is 1.12. The minimum atomic E-state index is -0.770. The zero-order valence-corrected chi connectivity index (χ0v) is 16.6. The van der Waals surface area contributed by atoms with Crippen molar-refractivity contribution in [2.45, 2.75) is 13.0 Å². The molecule has 31 heavy (non-hydrogen) atoms. The second-order valence-corrected chi connectivity index (χ2v) is 7.13. The maximum Gasteiger partial charge on any atom is 0.227 e. The summed E-state index contributed by atoms with van der Waals surface area (Å²) in [6.07, 6.45) is 0.0912. The van der Waals surface area contributed by atoms with Gasteiger partial charge in [0, 0.05) is 36.9 Å². The molecule has 9 heteroatoms. The van der Waals surface area contributed by atoms with Crippen molar-refractivity contribution in [3.05, 3.63) is 65.9 Å². The van der Waals surface area contributed by atoms with Crippen LogP contribution in [0.1, 0.15) is 12.1 Å². The van der Waals surface area contributed by atoms with Gasteiger partial charge in [0.1, 0.15) is 23.1 Å². The quantitative estimate of drug-likeness (QED) is 0.653. The SMILES string of the molecule is COc1cccc(N2C[C@@H](C(=O)NCc3cc(-c4ccc(F)cc4F)on3)CC2=O)c1. The molecule has 1 N–H and O–H groups in total. The molecule has 1 fully saturated rings. The second-order valence-electron chi connectivity index (χ2n) is 7.13. The fourth-order valence-electron chi connectivity index (χ4n) is 3.44. The summed E-state index contributed by atoms with van der Waals surface area (Å²) in [6.45, 7) is 0.303. The number of carbonyl (C=O) groups excluding carboxylic acids is 2. The molecule has 2 heterocycles. The number of rotatable bonds is 6. The van der Waals surface area contributed by atoms with E-state index in [0.717, 1.165) is 12.1 Å². The van der Waals surface area contributed by atoms with E-state index in [1.54, 1.807) is 36.3 Å². The average molecular weight is 427 g/mol. The molecule has 2 amide bonds. The second kappa shape index (κ2) is 8.55. The molecule has 0 aliphatic carbocycles. The van der Waals surface area contributed by atoms with Gasteiger partial charge in [-0.1, -0.05) is 11.2 Å². The first kappa shape index (κ1) is 20.5. The monoisotopic (exact) mass is 427 g/mol. The number of halogens is 2. The summed E-state index contributed by atoms with van der Waals surface area (Å²) in [5.74, 6) is -1.67. The van der Waals surface area contributed by atoms with E-state index in [-0.39, 0.29) is 42.6 Å². The Hall–Kier alpha value is -3.75. The zero-order chi connectivity index (χ0) is 22.0. The number of methoxy groups -OCH3 is 1. The number of ether oxygens (including phenoxy) is 1. The van der Waals surface area contributed by atoms with Crippen LogP contribution in [0, 0.1) is 17.6 Å². The van der Waals surface area contributed by atoms with Gasteiger partial charge in [0.25, 0.3) is 0 Å². The van der Waals surface area contributed by atoms with E-state index in [1.165, 1.54) is 12.1 Å². The van der Waals surface area contributed by atoms with Crippen LogP contribution in [0.4, 0.5) is 14.5 Å². The van der Waals surface area contributed by atoms with Gasteiger partial charge in [-0.15, -0.1) is 0 Å². The highest BCUT2D eigenvalue weighted by molar-refractivity contribution is 6.00. The number of nitrogens with zero attached hydrogens (tertiary/aromatic N) is 2. The number of hydrogen-bond donors (Lipinski definition) is 1. The molecule has 1 aromatic heterocycles. The number of amides is 2. The molecule has 160 valence electrons. The Labute approximate surface area is 176 Å². The molecule has 1 atom stereocenters. The first-order chi connectivity index (χ1) is 14.9. The summed E-state index contributed by atoms with van der Waals surface area (Å²) in [7, 11) is 1.54. The Balaban J connectivity index is 1.37. The lowest BCUT2D eigenvalue weighted by Gasteiger charge is -2.17. The van der Waals surface area contributed by atoms with Crippen LogP contribution in [0.15, 0.2) is 53.1 Å². The van der Waals surface area contributed by atoms with Gasteiger partial charge in [0.15, 0.2) is 5.76 Å². The van der Waals surface area contributed by atoms with Crippen molar-refractivity contribution in [1.82, 2.24) is 10.5 Å². The van der Waals surface area contributed by atoms with Crippen molar-refractivity contribution in [3.8, 4) is 17.1 Å². The number of anilines is 1. The Kier molecular flexibility index (Phi) is 5.66. The van der Waals surface area contributed by atoms with Crippen LogP contribution in [-0.4, -0.2) is 30.6 Å².